The predicted octanol–water partition coefficient (Wildman–Crippen LogP) is 4.27. The van der Waals surface area contributed by atoms with Gasteiger partial charge in [0.25, 0.3) is 0 Å². The Kier molecular flexibility index (Phi) is 12.8. The number of carboxylic acid groups (broad SMARTS) is 2. The van der Waals surface area contributed by atoms with Gasteiger partial charge in [0.1, 0.15) is 13.2 Å². The first kappa shape index (κ1) is 28.1. The fourth-order valence-corrected chi connectivity index (χ4v) is 2.10. The van der Waals surface area contributed by atoms with E-state index < -0.39 is 23.3 Å². The lowest BCUT2D eigenvalue weighted by Gasteiger charge is -2.20. The number of ether oxygens (including phenoxy) is 2. The summed E-state index contributed by atoms with van der Waals surface area (Å²) in [6.45, 7) is 9.62. The van der Waals surface area contributed by atoms with Crippen LogP contribution in [-0.4, -0.2) is 47.3 Å². The number of carbonyl (C=O) groups is 4. The van der Waals surface area contributed by atoms with Gasteiger partial charge in [-0.25, -0.2) is 4.79 Å². The van der Waals surface area contributed by atoms with Gasteiger partial charge in [-0.05, 0) is 50.3 Å². The first-order valence-electron chi connectivity index (χ1n) is 10.3. The molecule has 8 heteroatoms. The highest BCUT2D eigenvalue weighted by atomic mass is 16.6. The quantitative estimate of drug-likeness (QED) is 0.387. The minimum atomic E-state index is -1.05. The maximum absolute atomic E-state index is 11.5. The SMILES string of the molecule is CCC(C)(C)C(=O)OCCOC(=O)CCC(=O)O.CCC(C)c1ccc(C(=O)O)cc1. The van der Waals surface area contributed by atoms with Crippen LogP contribution < -0.4 is 0 Å². The summed E-state index contributed by atoms with van der Waals surface area (Å²) < 4.78 is 9.65. The van der Waals surface area contributed by atoms with Gasteiger partial charge in [0.15, 0.2) is 0 Å². The van der Waals surface area contributed by atoms with Crippen LogP contribution in [0.5, 0.6) is 0 Å². The van der Waals surface area contributed by atoms with Crippen molar-refractivity contribution in [2.75, 3.05) is 13.2 Å². The Balaban J connectivity index is 0.000000609. The third-order valence-electron chi connectivity index (χ3n) is 4.90. The minimum absolute atomic E-state index is 0.0128. The van der Waals surface area contributed by atoms with Crippen LogP contribution in [0.3, 0.4) is 0 Å². The number of aliphatic carboxylic acids is 1. The van der Waals surface area contributed by atoms with E-state index in [0.717, 1.165) is 6.42 Å². The number of hydrogen-bond donors (Lipinski definition) is 2. The Labute approximate surface area is 183 Å². The van der Waals surface area contributed by atoms with Gasteiger partial charge in [-0.2, -0.15) is 0 Å². The second-order valence-corrected chi connectivity index (χ2v) is 7.72. The normalized spacial score (nSPS) is 11.5. The van der Waals surface area contributed by atoms with Gasteiger partial charge in [0.05, 0.1) is 23.8 Å². The van der Waals surface area contributed by atoms with E-state index in [1.54, 1.807) is 26.0 Å². The summed E-state index contributed by atoms with van der Waals surface area (Å²) in [5.41, 5.74) is 1.01. The number of carbonyl (C=O) groups excluding carboxylic acids is 2. The minimum Gasteiger partial charge on any atom is -0.481 e. The fraction of sp³-hybridized carbons (Fsp3) is 0.565. The highest BCUT2D eigenvalue weighted by Crippen LogP contribution is 2.21. The first-order chi connectivity index (χ1) is 14.4. The molecule has 1 rings (SSSR count). The molecule has 0 saturated carbocycles. The Morgan fingerprint density at radius 3 is 1.94 bits per heavy atom. The molecule has 174 valence electrons. The van der Waals surface area contributed by atoms with E-state index in [9.17, 15) is 19.2 Å². The van der Waals surface area contributed by atoms with Gasteiger partial charge in [-0.1, -0.05) is 32.9 Å². The van der Waals surface area contributed by atoms with Gasteiger partial charge in [-0.3, -0.25) is 14.4 Å². The molecule has 0 fully saturated rings. The molecular weight excluding hydrogens is 404 g/mol. The average Bonchev–Trinajstić information content (AvgIpc) is 2.74. The molecule has 0 aliphatic rings. The number of benzene rings is 1. The topological polar surface area (TPSA) is 127 Å². The van der Waals surface area contributed by atoms with Gasteiger partial charge < -0.3 is 19.7 Å². The Hall–Kier alpha value is -2.90. The highest BCUT2D eigenvalue weighted by Gasteiger charge is 2.26. The van der Waals surface area contributed by atoms with Crippen LogP contribution >= 0.6 is 0 Å². The van der Waals surface area contributed by atoms with Gasteiger partial charge in [-0.15, -0.1) is 0 Å². The molecule has 1 aromatic carbocycles. The fourth-order valence-electron chi connectivity index (χ4n) is 2.10. The van der Waals surface area contributed by atoms with Crippen LogP contribution in [-0.2, 0) is 23.9 Å². The van der Waals surface area contributed by atoms with Crippen molar-refractivity contribution < 1.29 is 38.9 Å². The zero-order valence-corrected chi connectivity index (χ0v) is 19.0. The average molecular weight is 439 g/mol. The van der Waals surface area contributed by atoms with Crippen molar-refractivity contribution in [1.29, 1.82) is 0 Å². The van der Waals surface area contributed by atoms with E-state index in [0.29, 0.717) is 17.9 Å². The van der Waals surface area contributed by atoms with Crippen molar-refractivity contribution >= 4 is 23.9 Å². The van der Waals surface area contributed by atoms with E-state index in [-0.39, 0.29) is 32.0 Å². The van der Waals surface area contributed by atoms with Crippen LogP contribution in [0.4, 0.5) is 0 Å². The second kappa shape index (κ2) is 14.2. The van der Waals surface area contributed by atoms with E-state index in [2.05, 4.69) is 13.8 Å². The number of rotatable bonds is 11. The van der Waals surface area contributed by atoms with Crippen LogP contribution in [0, 0.1) is 5.41 Å². The van der Waals surface area contributed by atoms with E-state index >= 15 is 0 Å². The van der Waals surface area contributed by atoms with Gasteiger partial charge in [0.2, 0.25) is 0 Å². The molecule has 1 aromatic rings. The number of hydrogen-bond acceptors (Lipinski definition) is 6. The molecule has 1 atom stereocenters. The summed E-state index contributed by atoms with van der Waals surface area (Å²) in [6, 6.07) is 7.09. The molecule has 0 aromatic heterocycles. The highest BCUT2D eigenvalue weighted by molar-refractivity contribution is 5.87. The Morgan fingerprint density at radius 1 is 0.935 bits per heavy atom. The summed E-state index contributed by atoms with van der Waals surface area (Å²) >= 11 is 0. The maximum atomic E-state index is 11.5. The zero-order chi connectivity index (χ0) is 24.0. The second-order valence-electron chi connectivity index (χ2n) is 7.72. The lowest BCUT2D eigenvalue weighted by atomic mass is 9.91. The lowest BCUT2D eigenvalue weighted by Crippen LogP contribution is -2.27. The van der Waals surface area contributed by atoms with Crippen LogP contribution in [0.2, 0.25) is 0 Å². The molecule has 1 unspecified atom stereocenters. The Morgan fingerprint density at radius 2 is 1.48 bits per heavy atom. The van der Waals surface area contributed by atoms with Gasteiger partial charge in [0, 0.05) is 0 Å². The van der Waals surface area contributed by atoms with E-state index in [1.807, 2.05) is 19.1 Å². The number of carboxylic acids is 2. The monoisotopic (exact) mass is 438 g/mol. The molecule has 0 bridgehead atoms. The zero-order valence-electron chi connectivity index (χ0n) is 19.0. The third-order valence-corrected chi connectivity index (χ3v) is 4.90. The van der Waals surface area contributed by atoms with Crippen molar-refractivity contribution in [3.63, 3.8) is 0 Å². The molecule has 31 heavy (non-hydrogen) atoms. The van der Waals surface area contributed by atoms with Crippen molar-refractivity contribution in [3.8, 4) is 0 Å². The summed E-state index contributed by atoms with van der Waals surface area (Å²) in [7, 11) is 0. The molecule has 0 saturated heterocycles. The van der Waals surface area contributed by atoms with Crippen molar-refractivity contribution in [1.82, 2.24) is 0 Å². The van der Waals surface area contributed by atoms with Crippen molar-refractivity contribution in [2.45, 2.75) is 66.2 Å². The molecule has 0 amide bonds. The molecule has 2 N–H and O–H groups in total. The predicted molar refractivity (Wildman–Crippen MR) is 115 cm³/mol. The maximum Gasteiger partial charge on any atom is 0.335 e. The molecule has 8 nitrogen and oxygen atoms in total. The molecule has 0 aliphatic carbocycles. The van der Waals surface area contributed by atoms with Crippen LogP contribution in [0.1, 0.15) is 82.1 Å². The lowest BCUT2D eigenvalue weighted by molar-refractivity contribution is -0.159. The summed E-state index contributed by atoms with van der Waals surface area (Å²) in [5, 5.41) is 17.0. The van der Waals surface area contributed by atoms with E-state index in [1.165, 1.54) is 5.56 Å². The Bertz CT molecular complexity index is 722. The largest absolute Gasteiger partial charge is 0.481 e. The third kappa shape index (κ3) is 11.8. The molecule has 0 heterocycles. The van der Waals surface area contributed by atoms with Crippen LogP contribution in [0.25, 0.3) is 0 Å². The number of esters is 2. The van der Waals surface area contributed by atoms with Crippen molar-refractivity contribution in [3.05, 3.63) is 35.4 Å². The standard InChI is InChI=1S/C12H20O6.C11H14O2/c1-4-12(2,3)11(16)18-8-7-17-10(15)6-5-9(13)14;1-3-8(2)9-4-6-10(7-5-9)11(12)13/h4-8H2,1-3H3,(H,13,14);4-8H,3H2,1-2H3,(H,12,13). The molecular formula is C23H34O8. The summed E-state index contributed by atoms with van der Waals surface area (Å²) in [4.78, 5) is 43.3. The molecule has 0 radical (unpaired) electrons. The molecule has 0 spiro atoms. The summed E-state index contributed by atoms with van der Waals surface area (Å²) in [5.74, 6) is -2.36. The molecule has 0 aliphatic heterocycles. The van der Waals surface area contributed by atoms with E-state index in [4.69, 9.17) is 19.7 Å². The smallest absolute Gasteiger partial charge is 0.335 e. The number of aromatic carboxylic acids is 1. The summed E-state index contributed by atoms with van der Waals surface area (Å²) in [6.07, 6.45) is 1.29. The first-order valence-corrected chi connectivity index (χ1v) is 10.3. The van der Waals surface area contributed by atoms with Crippen LogP contribution in [0.15, 0.2) is 24.3 Å². The van der Waals surface area contributed by atoms with Gasteiger partial charge >= 0.3 is 23.9 Å². The van der Waals surface area contributed by atoms with Crippen molar-refractivity contribution in [2.24, 2.45) is 5.41 Å².